The van der Waals surface area contributed by atoms with Crippen molar-refractivity contribution in [2.45, 2.75) is 31.6 Å². The molecular weight excluding hydrogens is 318 g/mol. The molecule has 1 N–H and O–H groups in total. The first kappa shape index (κ1) is 18.9. The molecule has 7 heteroatoms. The van der Waals surface area contributed by atoms with Crippen LogP contribution >= 0.6 is 12.2 Å². The van der Waals surface area contributed by atoms with Crippen LogP contribution in [0.15, 0.2) is 29.2 Å². The van der Waals surface area contributed by atoms with Gasteiger partial charge in [0.1, 0.15) is 0 Å². The van der Waals surface area contributed by atoms with Crippen LogP contribution in [0.2, 0.25) is 0 Å². The summed E-state index contributed by atoms with van der Waals surface area (Å²) in [6.07, 6.45) is 2.02. The Morgan fingerprint density at radius 3 is 2.27 bits per heavy atom. The highest BCUT2D eigenvalue weighted by molar-refractivity contribution is 7.89. The van der Waals surface area contributed by atoms with Crippen LogP contribution in [0.3, 0.4) is 0 Å². The molecule has 1 aromatic carbocycles. The summed E-state index contributed by atoms with van der Waals surface area (Å²) in [5.41, 5.74) is 0.685. The summed E-state index contributed by atoms with van der Waals surface area (Å²) in [6.45, 7) is 5.98. The van der Waals surface area contributed by atoms with E-state index in [0.29, 0.717) is 10.8 Å². The molecule has 0 amide bonds. The van der Waals surface area contributed by atoms with Gasteiger partial charge in [0.15, 0.2) is 5.11 Å². The third-order valence-corrected chi connectivity index (χ3v) is 5.31. The smallest absolute Gasteiger partial charge is 0.242 e. The Balaban J connectivity index is 2.93. The molecule has 0 heterocycles. The Hall–Kier alpha value is -1.18. The lowest BCUT2D eigenvalue weighted by Gasteiger charge is -2.25. The molecule has 0 bridgehead atoms. The first-order chi connectivity index (χ1) is 10.3. The zero-order chi connectivity index (χ0) is 16.8. The molecule has 1 rings (SSSR count). The number of rotatable bonds is 7. The number of anilines is 1. The molecule has 22 heavy (non-hydrogen) atoms. The van der Waals surface area contributed by atoms with Crippen molar-refractivity contribution >= 4 is 33.0 Å². The van der Waals surface area contributed by atoms with Crippen molar-refractivity contribution < 1.29 is 8.42 Å². The molecular formula is C15H25N3O2S2. The van der Waals surface area contributed by atoms with E-state index in [9.17, 15) is 8.42 Å². The van der Waals surface area contributed by atoms with Gasteiger partial charge in [-0.25, -0.2) is 12.7 Å². The molecule has 1 aromatic rings. The van der Waals surface area contributed by atoms with E-state index >= 15 is 0 Å². The first-order valence-corrected chi connectivity index (χ1v) is 9.26. The lowest BCUT2D eigenvalue weighted by molar-refractivity contribution is 0.423. The molecule has 0 aromatic heterocycles. The number of benzene rings is 1. The van der Waals surface area contributed by atoms with Crippen molar-refractivity contribution in [3.8, 4) is 0 Å². The van der Waals surface area contributed by atoms with Gasteiger partial charge < -0.3 is 10.2 Å². The summed E-state index contributed by atoms with van der Waals surface area (Å²) in [4.78, 5) is 2.35. The highest BCUT2D eigenvalue weighted by atomic mass is 32.2. The fourth-order valence-corrected chi connectivity index (χ4v) is 3.25. The minimum absolute atomic E-state index is 0.253. The predicted molar refractivity (Wildman–Crippen MR) is 95.7 cm³/mol. The van der Waals surface area contributed by atoms with Gasteiger partial charge in [0.2, 0.25) is 10.0 Å². The zero-order valence-electron chi connectivity index (χ0n) is 13.7. The molecule has 0 saturated carbocycles. The van der Waals surface area contributed by atoms with E-state index in [1.165, 1.54) is 18.4 Å². The number of hydrogen-bond donors (Lipinski definition) is 1. The largest absolute Gasteiger partial charge is 0.349 e. The Kier molecular flexibility index (Phi) is 7.25. The first-order valence-electron chi connectivity index (χ1n) is 7.41. The van der Waals surface area contributed by atoms with Crippen LogP contribution < -0.4 is 5.32 Å². The van der Waals surface area contributed by atoms with E-state index in [0.717, 1.165) is 25.9 Å². The molecule has 0 aliphatic carbocycles. The molecule has 0 radical (unpaired) electrons. The summed E-state index contributed by atoms with van der Waals surface area (Å²) < 4.78 is 25.5. The fourth-order valence-electron chi connectivity index (χ4n) is 2.00. The number of nitrogens with one attached hydrogen (secondary N) is 1. The van der Waals surface area contributed by atoms with Gasteiger partial charge in [0, 0.05) is 32.9 Å². The molecule has 0 atom stereocenters. The lowest BCUT2D eigenvalue weighted by atomic mass is 10.3. The normalized spacial score (nSPS) is 11.5. The van der Waals surface area contributed by atoms with E-state index in [1.807, 2.05) is 6.07 Å². The quantitative estimate of drug-likeness (QED) is 0.772. The highest BCUT2D eigenvalue weighted by Crippen LogP contribution is 2.18. The summed E-state index contributed by atoms with van der Waals surface area (Å²) in [5.74, 6) is 0. The van der Waals surface area contributed by atoms with Gasteiger partial charge in [-0.05, 0) is 43.3 Å². The summed E-state index contributed by atoms with van der Waals surface area (Å²) >= 11 is 5.43. The lowest BCUT2D eigenvalue weighted by Crippen LogP contribution is -2.36. The van der Waals surface area contributed by atoms with Gasteiger partial charge in [0.25, 0.3) is 0 Å². The van der Waals surface area contributed by atoms with E-state index in [2.05, 4.69) is 24.1 Å². The minimum Gasteiger partial charge on any atom is -0.349 e. The molecule has 0 fully saturated rings. The van der Waals surface area contributed by atoms with Gasteiger partial charge >= 0.3 is 0 Å². The van der Waals surface area contributed by atoms with Crippen LogP contribution in [0.1, 0.15) is 26.7 Å². The van der Waals surface area contributed by atoms with Gasteiger partial charge in [-0.15, -0.1) is 0 Å². The monoisotopic (exact) mass is 343 g/mol. The highest BCUT2D eigenvalue weighted by Gasteiger charge is 2.17. The Bertz CT molecular complexity index is 595. The molecule has 0 saturated heterocycles. The van der Waals surface area contributed by atoms with Crippen molar-refractivity contribution in [1.29, 1.82) is 0 Å². The Morgan fingerprint density at radius 2 is 1.77 bits per heavy atom. The third kappa shape index (κ3) is 4.93. The SMILES string of the molecule is CCCN(CCC)C(=S)Nc1cccc(S(=O)(=O)N(C)C)c1. The van der Waals surface area contributed by atoms with Crippen molar-refractivity contribution in [3.63, 3.8) is 0 Å². The van der Waals surface area contributed by atoms with Crippen molar-refractivity contribution in [3.05, 3.63) is 24.3 Å². The van der Waals surface area contributed by atoms with Crippen molar-refractivity contribution in [2.75, 3.05) is 32.5 Å². The van der Waals surface area contributed by atoms with E-state index < -0.39 is 10.0 Å². The van der Waals surface area contributed by atoms with Crippen LogP contribution in [-0.2, 0) is 10.0 Å². The van der Waals surface area contributed by atoms with Gasteiger partial charge in [-0.2, -0.15) is 0 Å². The average molecular weight is 344 g/mol. The van der Waals surface area contributed by atoms with Crippen molar-refractivity contribution in [2.24, 2.45) is 0 Å². The number of nitrogens with zero attached hydrogens (tertiary/aromatic N) is 2. The average Bonchev–Trinajstić information content (AvgIpc) is 2.47. The second-order valence-electron chi connectivity index (χ2n) is 5.23. The maximum absolute atomic E-state index is 12.2. The zero-order valence-corrected chi connectivity index (χ0v) is 15.3. The summed E-state index contributed by atoms with van der Waals surface area (Å²) in [7, 11) is -0.403. The molecule has 0 spiro atoms. The summed E-state index contributed by atoms with van der Waals surface area (Å²) in [6, 6.07) is 6.72. The summed E-state index contributed by atoms with van der Waals surface area (Å²) in [5, 5.41) is 3.77. The Labute approximate surface area is 139 Å². The number of hydrogen-bond acceptors (Lipinski definition) is 3. The minimum atomic E-state index is -3.44. The predicted octanol–water partition coefficient (Wildman–Crippen LogP) is 2.76. The van der Waals surface area contributed by atoms with Crippen LogP contribution in [0.25, 0.3) is 0 Å². The van der Waals surface area contributed by atoms with Crippen LogP contribution in [0.5, 0.6) is 0 Å². The van der Waals surface area contributed by atoms with Gasteiger partial charge in [-0.1, -0.05) is 19.9 Å². The number of sulfonamides is 1. The fraction of sp³-hybridized carbons (Fsp3) is 0.533. The van der Waals surface area contributed by atoms with Crippen LogP contribution in [0, 0.1) is 0 Å². The second-order valence-corrected chi connectivity index (χ2v) is 7.77. The molecule has 0 aliphatic heterocycles. The van der Waals surface area contributed by atoms with Crippen LogP contribution in [-0.4, -0.2) is 49.9 Å². The Morgan fingerprint density at radius 1 is 1.18 bits per heavy atom. The third-order valence-electron chi connectivity index (χ3n) is 3.14. The number of thiocarbonyl (C=S) groups is 1. The maximum atomic E-state index is 12.2. The topological polar surface area (TPSA) is 52.7 Å². The maximum Gasteiger partial charge on any atom is 0.242 e. The second kappa shape index (κ2) is 8.45. The van der Waals surface area contributed by atoms with Crippen LogP contribution in [0.4, 0.5) is 5.69 Å². The van der Waals surface area contributed by atoms with E-state index in [1.54, 1.807) is 18.2 Å². The molecule has 5 nitrogen and oxygen atoms in total. The van der Waals surface area contributed by atoms with Gasteiger partial charge in [0.05, 0.1) is 4.90 Å². The van der Waals surface area contributed by atoms with E-state index in [4.69, 9.17) is 12.2 Å². The molecule has 0 unspecified atom stereocenters. The van der Waals surface area contributed by atoms with E-state index in [-0.39, 0.29) is 4.90 Å². The standard InChI is InChI=1S/C15H25N3O2S2/c1-5-10-18(11-6-2)15(21)16-13-8-7-9-14(12-13)22(19,20)17(3)4/h7-9,12H,5-6,10-11H2,1-4H3,(H,16,21). The molecule has 0 aliphatic rings. The molecule has 124 valence electrons. The van der Waals surface area contributed by atoms with Gasteiger partial charge in [-0.3, -0.25) is 0 Å². The van der Waals surface area contributed by atoms with Crippen molar-refractivity contribution in [1.82, 2.24) is 9.21 Å².